The Hall–Kier alpha value is -5.40. The van der Waals surface area contributed by atoms with Crippen molar-refractivity contribution in [1.82, 2.24) is 40.0 Å². The molecule has 48 heavy (non-hydrogen) atoms. The summed E-state index contributed by atoms with van der Waals surface area (Å²) in [7, 11) is 2.99. The number of hydrogen-bond acceptors (Lipinski definition) is 8. The highest BCUT2D eigenvalue weighted by molar-refractivity contribution is 6.11. The highest BCUT2D eigenvalue weighted by Crippen LogP contribution is 2.33. The van der Waals surface area contributed by atoms with Crippen molar-refractivity contribution in [3.8, 4) is 11.3 Å². The van der Waals surface area contributed by atoms with E-state index in [2.05, 4.69) is 35.6 Å². The summed E-state index contributed by atoms with van der Waals surface area (Å²) in [5.74, 6) is 1.19. The first-order valence-electron chi connectivity index (χ1n) is 16.1. The van der Waals surface area contributed by atoms with E-state index < -0.39 is 12.1 Å². The fourth-order valence-corrected chi connectivity index (χ4v) is 6.02. The molecule has 5 rings (SSSR count). The van der Waals surface area contributed by atoms with Crippen molar-refractivity contribution in [2.45, 2.75) is 65.1 Å². The van der Waals surface area contributed by atoms with Gasteiger partial charge in [0.1, 0.15) is 29.2 Å². The maximum atomic E-state index is 13.5. The lowest BCUT2D eigenvalue weighted by Gasteiger charge is -2.30. The van der Waals surface area contributed by atoms with E-state index >= 15 is 0 Å². The molecular weight excluding hydrogens is 614 g/mol. The number of aromatic amines is 3. The molecule has 5 N–H and O–H groups in total. The molecule has 254 valence electrons. The number of methoxy groups -OCH3 is 1. The number of carbonyl (C=O) groups is 4. The number of carbonyl (C=O) groups excluding carboxylic acids is 4. The fraction of sp³-hybridized carbons (Fsp3) is 0.412. The molecule has 0 radical (unpaired) electrons. The van der Waals surface area contributed by atoms with Crippen LogP contribution in [0.1, 0.15) is 86.7 Å². The molecular formula is C34H43N9O5. The van der Waals surface area contributed by atoms with E-state index in [9.17, 15) is 19.2 Å². The van der Waals surface area contributed by atoms with E-state index in [4.69, 9.17) is 4.74 Å². The first kappa shape index (κ1) is 33.9. The monoisotopic (exact) mass is 657 g/mol. The Morgan fingerprint density at radius 3 is 2.50 bits per heavy atom. The van der Waals surface area contributed by atoms with Crippen LogP contribution in [0.2, 0.25) is 0 Å². The number of hydrogen-bond donors (Lipinski definition) is 5. The number of rotatable bonds is 12. The number of amides is 3. The van der Waals surface area contributed by atoms with E-state index in [0.29, 0.717) is 41.7 Å². The molecule has 0 saturated carbocycles. The molecule has 0 bridgehead atoms. The lowest BCUT2D eigenvalue weighted by molar-refractivity contribution is -0.135. The summed E-state index contributed by atoms with van der Waals surface area (Å²) in [6.45, 7) is 7.81. The molecule has 3 amide bonds. The number of ketones is 1. The van der Waals surface area contributed by atoms with Gasteiger partial charge in [-0.2, -0.15) is 0 Å². The third kappa shape index (κ3) is 7.11. The predicted molar refractivity (Wildman–Crippen MR) is 179 cm³/mol. The number of ether oxygens (including phenoxy) is 1. The number of benzene rings is 1. The van der Waals surface area contributed by atoms with Crippen molar-refractivity contribution in [2.24, 2.45) is 5.92 Å². The van der Waals surface area contributed by atoms with Crippen LogP contribution in [0.4, 0.5) is 16.3 Å². The third-order valence-corrected chi connectivity index (χ3v) is 8.80. The number of anilines is 2. The van der Waals surface area contributed by atoms with Crippen LogP contribution in [0.15, 0.2) is 48.9 Å². The summed E-state index contributed by atoms with van der Waals surface area (Å²) in [6.07, 6.45) is 6.55. The number of H-pyrrole nitrogens is 3. The Labute approximate surface area is 279 Å². The standard InChI is InChI=1S/C34H43N9O5/c1-7-26(42(5)20(4)44)31-37-18-25(40-31)29(45)23-14-15-35-30(23)38-22-12-10-21(11-13-22)24-17-36-32(39-24)27-9-8-16-43(27)33(46)28(19(2)3)41-34(47)48-6/h10-15,17-19,26-28,35,38H,7-9,16H2,1-6H3,(H,36,39)(H,37,40)(H,41,47)/t26-,27-,28-/m0/s1. The zero-order valence-electron chi connectivity index (χ0n) is 28.1. The molecule has 1 aliphatic heterocycles. The molecule has 3 atom stereocenters. The summed E-state index contributed by atoms with van der Waals surface area (Å²) < 4.78 is 4.73. The maximum absolute atomic E-state index is 13.5. The molecule has 0 spiro atoms. The van der Waals surface area contributed by atoms with Gasteiger partial charge >= 0.3 is 6.09 Å². The van der Waals surface area contributed by atoms with Gasteiger partial charge in [0.25, 0.3) is 0 Å². The average Bonchev–Trinajstić information content (AvgIpc) is 3.90. The first-order valence-corrected chi connectivity index (χ1v) is 16.1. The van der Waals surface area contributed by atoms with E-state index in [0.717, 1.165) is 29.8 Å². The molecule has 1 aromatic carbocycles. The molecule has 0 aliphatic carbocycles. The molecule has 4 heterocycles. The topological polar surface area (TPSA) is 181 Å². The minimum atomic E-state index is -0.701. The molecule has 3 aromatic heterocycles. The number of imidazole rings is 2. The number of nitrogens with one attached hydrogen (secondary N) is 5. The van der Waals surface area contributed by atoms with Crippen LogP contribution in [0, 0.1) is 5.92 Å². The van der Waals surface area contributed by atoms with Crippen molar-refractivity contribution in [3.63, 3.8) is 0 Å². The Bertz CT molecular complexity index is 1760. The van der Waals surface area contributed by atoms with Gasteiger partial charge in [0, 0.05) is 32.4 Å². The van der Waals surface area contributed by atoms with Crippen molar-refractivity contribution < 1.29 is 23.9 Å². The molecule has 1 saturated heterocycles. The Morgan fingerprint density at radius 1 is 1.08 bits per heavy atom. The van der Waals surface area contributed by atoms with Crippen LogP contribution >= 0.6 is 0 Å². The second kappa shape index (κ2) is 14.6. The van der Waals surface area contributed by atoms with Gasteiger partial charge in [0.15, 0.2) is 0 Å². The Morgan fingerprint density at radius 2 is 1.83 bits per heavy atom. The van der Waals surface area contributed by atoms with Gasteiger partial charge in [0.05, 0.1) is 42.8 Å². The molecule has 1 fully saturated rings. The highest BCUT2D eigenvalue weighted by atomic mass is 16.5. The first-order chi connectivity index (χ1) is 23.0. The Balaban J connectivity index is 1.26. The van der Waals surface area contributed by atoms with Crippen LogP contribution in [-0.4, -0.2) is 85.2 Å². The van der Waals surface area contributed by atoms with Crippen LogP contribution < -0.4 is 10.6 Å². The van der Waals surface area contributed by atoms with Gasteiger partial charge in [-0.15, -0.1) is 0 Å². The second-order valence-electron chi connectivity index (χ2n) is 12.3. The second-order valence-corrected chi connectivity index (χ2v) is 12.3. The molecule has 1 aliphatic rings. The van der Waals surface area contributed by atoms with Crippen LogP contribution in [0.3, 0.4) is 0 Å². The third-order valence-electron chi connectivity index (χ3n) is 8.80. The summed E-state index contributed by atoms with van der Waals surface area (Å²) in [6, 6.07) is 8.20. The van der Waals surface area contributed by atoms with Gasteiger partial charge in [-0.3, -0.25) is 14.4 Å². The average molecular weight is 658 g/mol. The van der Waals surface area contributed by atoms with E-state index in [1.165, 1.54) is 20.2 Å². The van der Waals surface area contributed by atoms with Gasteiger partial charge in [0.2, 0.25) is 17.6 Å². The summed E-state index contributed by atoms with van der Waals surface area (Å²) >= 11 is 0. The maximum Gasteiger partial charge on any atom is 0.407 e. The molecule has 0 unspecified atom stereocenters. The summed E-state index contributed by atoms with van der Waals surface area (Å²) in [4.78, 5) is 72.7. The smallest absolute Gasteiger partial charge is 0.407 e. The number of aromatic nitrogens is 5. The van der Waals surface area contributed by atoms with E-state index in [-0.39, 0.29) is 35.6 Å². The minimum Gasteiger partial charge on any atom is -0.453 e. The number of alkyl carbamates (subject to hydrolysis) is 1. The number of likely N-dealkylation sites (tertiary alicyclic amines) is 1. The number of nitrogens with zero attached hydrogens (tertiary/aromatic N) is 4. The fourth-order valence-electron chi connectivity index (χ4n) is 6.02. The Kier molecular flexibility index (Phi) is 10.3. The predicted octanol–water partition coefficient (Wildman–Crippen LogP) is 5.08. The SMILES string of the molecule is CC[C@@H](c1ncc(C(=O)c2cc[nH]c2Nc2ccc(-c3cnc([C@@H]4CCCN4C(=O)[C@@H](NC(=O)OC)C(C)C)[nH]3)cc2)[nH]1)N(C)C(C)=O. The largest absolute Gasteiger partial charge is 0.453 e. The highest BCUT2D eigenvalue weighted by Gasteiger charge is 2.37. The lowest BCUT2D eigenvalue weighted by atomic mass is 10.0. The van der Waals surface area contributed by atoms with Crippen LogP contribution in [-0.2, 0) is 14.3 Å². The van der Waals surface area contributed by atoms with Crippen molar-refractivity contribution >= 4 is 35.2 Å². The van der Waals surface area contributed by atoms with Crippen LogP contribution in [0.5, 0.6) is 0 Å². The quantitative estimate of drug-likeness (QED) is 0.131. The normalized spacial score (nSPS) is 15.6. The molecule has 4 aromatic rings. The van der Waals surface area contributed by atoms with Gasteiger partial charge in [-0.1, -0.05) is 32.9 Å². The van der Waals surface area contributed by atoms with Crippen molar-refractivity contribution in [3.05, 3.63) is 71.8 Å². The van der Waals surface area contributed by atoms with E-state index in [1.54, 1.807) is 35.3 Å². The summed E-state index contributed by atoms with van der Waals surface area (Å²) in [5.41, 5.74) is 3.24. The van der Waals surface area contributed by atoms with E-state index in [1.807, 2.05) is 45.0 Å². The van der Waals surface area contributed by atoms with Crippen molar-refractivity contribution in [1.29, 1.82) is 0 Å². The van der Waals surface area contributed by atoms with Gasteiger partial charge < -0.3 is 40.1 Å². The van der Waals surface area contributed by atoms with Crippen molar-refractivity contribution in [2.75, 3.05) is 26.0 Å². The lowest BCUT2D eigenvalue weighted by Crippen LogP contribution is -2.51. The van der Waals surface area contributed by atoms with Gasteiger partial charge in [-0.25, -0.2) is 14.8 Å². The zero-order valence-corrected chi connectivity index (χ0v) is 28.1. The minimum absolute atomic E-state index is 0.0826. The molecule has 14 nitrogen and oxygen atoms in total. The zero-order chi connectivity index (χ0) is 34.5. The van der Waals surface area contributed by atoms with Gasteiger partial charge in [-0.05, 0) is 48.9 Å². The summed E-state index contributed by atoms with van der Waals surface area (Å²) in [5, 5.41) is 5.96. The molecule has 14 heteroatoms. The van der Waals surface area contributed by atoms with Crippen LogP contribution in [0.25, 0.3) is 11.3 Å².